The van der Waals surface area contributed by atoms with Gasteiger partial charge in [-0.3, -0.25) is 9.78 Å². The number of benzene rings is 1. The lowest BCUT2D eigenvalue weighted by Gasteiger charge is -2.10. The smallest absolute Gasteiger partial charge is 0.267 e. The molecular formula is C16H15FN4O. The van der Waals surface area contributed by atoms with Crippen LogP contribution in [0, 0.1) is 5.82 Å². The Bertz CT molecular complexity index is 755. The first-order valence-electron chi connectivity index (χ1n) is 6.84. The Balaban J connectivity index is 2.12. The topological polar surface area (TPSA) is 80.0 Å². The van der Waals surface area contributed by atoms with Crippen LogP contribution in [0.3, 0.4) is 0 Å². The van der Waals surface area contributed by atoms with Gasteiger partial charge in [-0.25, -0.2) is 9.82 Å². The summed E-state index contributed by atoms with van der Waals surface area (Å²) in [6.07, 6.45) is 1.55. The van der Waals surface area contributed by atoms with Crippen LogP contribution in [-0.4, -0.2) is 16.9 Å². The third-order valence-electron chi connectivity index (χ3n) is 3.57. The highest BCUT2D eigenvalue weighted by Crippen LogP contribution is 2.30. The molecule has 0 saturated carbocycles. The van der Waals surface area contributed by atoms with Crippen LogP contribution in [0.2, 0.25) is 0 Å². The van der Waals surface area contributed by atoms with Gasteiger partial charge in [0.25, 0.3) is 5.91 Å². The van der Waals surface area contributed by atoms with E-state index in [0.717, 1.165) is 22.4 Å². The lowest BCUT2D eigenvalue weighted by atomic mass is 9.96. The van der Waals surface area contributed by atoms with Gasteiger partial charge in [-0.2, -0.15) is 0 Å². The number of carbonyl (C=O) groups is 1. The van der Waals surface area contributed by atoms with E-state index in [1.165, 1.54) is 12.1 Å². The van der Waals surface area contributed by atoms with Crippen LogP contribution >= 0.6 is 0 Å². The summed E-state index contributed by atoms with van der Waals surface area (Å²) < 4.78 is 13.1. The number of carbonyl (C=O) groups excluding carboxylic acids is 1. The Labute approximate surface area is 127 Å². The molecule has 1 aliphatic heterocycles. The number of nitrogens with zero attached hydrogens (tertiary/aromatic N) is 1. The molecule has 2 aromatic rings. The fourth-order valence-electron chi connectivity index (χ4n) is 2.51. The minimum atomic E-state index is -0.572. The van der Waals surface area contributed by atoms with Gasteiger partial charge < -0.3 is 11.2 Å². The van der Waals surface area contributed by atoms with Crippen molar-refractivity contribution in [3.8, 4) is 0 Å². The Kier molecular flexibility index (Phi) is 3.60. The van der Waals surface area contributed by atoms with Crippen molar-refractivity contribution in [2.24, 2.45) is 5.73 Å². The fourth-order valence-corrected chi connectivity index (χ4v) is 2.51. The second-order valence-corrected chi connectivity index (χ2v) is 5.08. The number of hydrogen-bond donors (Lipinski definition) is 3. The molecule has 1 amide bonds. The summed E-state index contributed by atoms with van der Waals surface area (Å²) in [5, 5.41) is 0. The van der Waals surface area contributed by atoms with Crippen molar-refractivity contribution in [3.05, 3.63) is 65.2 Å². The van der Waals surface area contributed by atoms with E-state index in [1.807, 2.05) is 13.0 Å². The second-order valence-electron chi connectivity index (χ2n) is 5.08. The monoisotopic (exact) mass is 298 g/mol. The third-order valence-corrected chi connectivity index (χ3v) is 3.57. The highest BCUT2D eigenvalue weighted by atomic mass is 19.1. The van der Waals surface area contributed by atoms with Gasteiger partial charge in [-0.1, -0.05) is 0 Å². The maximum Gasteiger partial charge on any atom is 0.267 e. The Morgan fingerprint density at radius 1 is 1.23 bits per heavy atom. The molecule has 4 N–H and O–H groups in total. The molecule has 3 rings (SSSR count). The van der Waals surface area contributed by atoms with Crippen LogP contribution in [0.15, 0.2) is 42.6 Å². The van der Waals surface area contributed by atoms with Gasteiger partial charge >= 0.3 is 0 Å². The quantitative estimate of drug-likeness (QED) is 0.805. The molecule has 1 unspecified atom stereocenters. The highest BCUT2D eigenvalue weighted by Gasteiger charge is 2.24. The molecular weight excluding hydrogens is 283 g/mol. The Morgan fingerprint density at radius 3 is 2.64 bits per heavy atom. The Hall–Kier alpha value is -2.73. The summed E-state index contributed by atoms with van der Waals surface area (Å²) >= 11 is 0. The first-order valence-corrected chi connectivity index (χ1v) is 6.84. The number of hydrogen-bond acceptors (Lipinski definition) is 4. The third kappa shape index (κ3) is 2.56. The number of primary amides is 1. The van der Waals surface area contributed by atoms with E-state index in [1.54, 1.807) is 24.4 Å². The molecule has 22 heavy (non-hydrogen) atoms. The van der Waals surface area contributed by atoms with E-state index < -0.39 is 5.91 Å². The zero-order chi connectivity index (χ0) is 15.7. The van der Waals surface area contributed by atoms with E-state index in [9.17, 15) is 9.18 Å². The van der Waals surface area contributed by atoms with Gasteiger partial charge in [0.15, 0.2) is 0 Å². The van der Waals surface area contributed by atoms with Crippen molar-refractivity contribution in [1.29, 1.82) is 0 Å². The number of aromatic nitrogens is 1. The molecule has 5 nitrogen and oxygen atoms in total. The standard InChI is InChI=1S/C16H15FN4O/c1-9-14(11-6-7-19-13(8-11)16(18)22)15(21-20-9)10-2-4-12(17)5-3-10/h2-9,20-21H,1H3,(H2,18,22). The van der Waals surface area contributed by atoms with Crippen LogP contribution in [0.5, 0.6) is 0 Å². The molecule has 0 bridgehead atoms. The summed E-state index contributed by atoms with van der Waals surface area (Å²) in [7, 11) is 0. The molecule has 0 aliphatic carbocycles. The van der Waals surface area contributed by atoms with Crippen LogP contribution in [0.1, 0.15) is 28.5 Å². The minimum absolute atomic E-state index is 0.0168. The van der Waals surface area contributed by atoms with Gasteiger partial charge in [0.2, 0.25) is 0 Å². The number of halogens is 1. The molecule has 2 heterocycles. The maximum absolute atomic E-state index is 13.1. The molecule has 1 atom stereocenters. The summed E-state index contributed by atoms with van der Waals surface area (Å²) in [6, 6.07) is 9.71. The molecule has 1 aliphatic rings. The minimum Gasteiger partial charge on any atom is -0.364 e. The van der Waals surface area contributed by atoms with Gasteiger partial charge in [-0.15, -0.1) is 0 Å². The number of nitrogens with two attached hydrogens (primary N) is 1. The van der Waals surface area contributed by atoms with Crippen molar-refractivity contribution in [2.75, 3.05) is 0 Å². The molecule has 6 heteroatoms. The zero-order valence-corrected chi connectivity index (χ0v) is 11.9. The van der Waals surface area contributed by atoms with E-state index in [-0.39, 0.29) is 17.6 Å². The number of rotatable bonds is 3. The van der Waals surface area contributed by atoms with Gasteiger partial charge in [0.05, 0.1) is 11.7 Å². The predicted octanol–water partition coefficient (Wildman–Crippen LogP) is 1.68. The molecule has 112 valence electrons. The highest BCUT2D eigenvalue weighted by molar-refractivity contribution is 5.96. The van der Waals surface area contributed by atoms with Crippen LogP contribution in [-0.2, 0) is 0 Å². The van der Waals surface area contributed by atoms with Crippen molar-refractivity contribution in [2.45, 2.75) is 13.0 Å². The molecule has 0 radical (unpaired) electrons. The van der Waals surface area contributed by atoms with Gasteiger partial charge in [-0.05, 0) is 54.4 Å². The summed E-state index contributed by atoms with van der Waals surface area (Å²) in [6.45, 7) is 1.99. The average molecular weight is 298 g/mol. The van der Waals surface area contributed by atoms with Crippen molar-refractivity contribution in [1.82, 2.24) is 15.8 Å². The van der Waals surface area contributed by atoms with E-state index in [2.05, 4.69) is 15.8 Å². The summed E-state index contributed by atoms with van der Waals surface area (Å²) in [4.78, 5) is 15.3. The average Bonchev–Trinajstić information content (AvgIpc) is 2.90. The fraction of sp³-hybridized carbons (Fsp3) is 0.125. The zero-order valence-electron chi connectivity index (χ0n) is 11.9. The number of nitrogens with one attached hydrogen (secondary N) is 2. The van der Waals surface area contributed by atoms with Crippen molar-refractivity contribution in [3.63, 3.8) is 0 Å². The molecule has 1 aromatic carbocycles. The van der Waals surface area contributed by atoms with Crippen molar-refractivity contribution < 1.29 is 9.18 Å². The van der Waals surface area contributed by atoms with Crippen LogP contribution < -0.4 is 16.6 Å². The second kappa shape index (κ2) is 5.57. The first-order chi connectivity index (χ1) is 10.6. The van der Waals surface area contributed by atoms with Crippen LogP contribution in [0.4, 0.5) is 4.39 Å². The number of hydrazine groups is 1. The normalized spacial score (nSPS) is 17.5. The Morgan fingerprint density at radius 2 is 1.95 bits per heavy atom. The summed E-state index contributed by atoms with van der Waals surface area (Å²) in [5.74, 6) is -0.859. The number of amides is 1. The maximum atomic E-state index is 13.1. The van der Waals surface area contributed by atoms with E-state index in [0.29, 0.717) is 0 Å². The molecule has 0 fully saturated rings. The SMILES string of the molecule is CC1NNC(c2ccc(F)cc2)=C1c1ccnc(C(N)=O)c1. The predicted molar refractivity (Wildman–Crippen MR) is 81.7 cm³/mol. The van der Waals surface area contributed by atoms with E-state index >= 15 is 0 Å². The van der Waals surface area contributed by atoms with Gasteiger partial charge in [0.1, 0.15) is 11.5 Å². The molecule has 0 saturated heterocycles. The molecule has 0 spiro atoms. The lowest BCUT2D eigenvalue weighted by molar-refractivity contribution is 0.0995. The lowest BCUT2D eigenvalue weighted by Crippen LogP contribution is -2.30. The van der Waals surface area contributed by atoms with E-state index in [4.69, 9.17) is 5.73 Å². The van der Waals surface area contributed by atoms with Crippen LogP contribution in [0.25, 0.3) is 11.3 Å². The summed E-state index contributed by atoms with van der Waals surface area (Å²) in [5.41, 5.74) is 15.2. The van der Waals surface area contributed by atoms with Crippen molar-refractivity contribution >= 4 is 17.2 Å². The molecule has 1 aromatic heterocycles. The first kappa shape index (κ1) is 14.2. The largest absolute Gasteiger partial charge is 0.364 e. The number of pyridine rings is 1. The van der Waals surface area contributed by atoms with Gasteiger partial charge in [0, 0.05) is 11.8 Å².